The van der Waals surface area contributed by atoms with Crippen LogP contribution in [0.1, 0.15) is 22.5 Å². The highest BCUT2D eigenvalue weighted by Crippen LogP contribution is 2.27. The Morgan fingerprint density at radius 2 is 1.73 bits per heavy atom. The van der Waals surface area contributed by atoms with Crippen molar-refractivity contribution in [3.05, 3.63) is 89.0 Å². The van der Waals surface area contributed by atoms with Crippen LogP contribution >= 0.6 is 0 Å². The molecule has 0 fully saturated rings. The van der Waals surface area contributed by atoms with E-state index in [1.165, 1.54) is 6.07 Å². The van der Waals surface area contributed by atoms with Gasteiger partial charge in [-0.3, -0.25) is 4.99 Å². The Morgan fingerprint density at radius 3 is 2.59 bits per heavy atom. The smallest absolute Gasteiger partial charge is 0.132 e. The van der Waals surface area contributed by atoms with Crippen molar-refractivity contribution in [1.82, 2.24) is 4.57 Å². The second-order valence-corrected chi connectivity index (χ2v) is 5.47. The fourth-order valence-corrected chi connectivity index (χ4v) is 3.03. The van der Waals surface area contributed by atoms with Gasteiger partial charge in [0, 0.05) is 11.3 Å². The van der Waals surface area contributed by atoms with Crippen molar-refractivity contribution in [3.8, 4) is 5.69 Å². The number of para-hydroxylation sites is 1. The maximum Gasteiger partial charge on any atom is 0.132 e. The average molecular weight is 290 g/mol. The third-order valence-electron chi connectivity index (χ3n) is 4.09. The number of fused-ring (bicyclic) bond motifs is 3. The fourth-order valence-electron chi connectivity index (χ4n) is 3.03. The van der Waals surface area contributed by atoms with E-state index in [4.69, 9.17) is 4.99 Å². The van der Waals surface area contributed by atoms with Crippen LogP contribution in [0.25, 0.3) is 5.69 Å². The highest BCUT2D eigenvalue weighted by Gasteiger charge is 2.21. The number of hydrogen-bond donors (Lipinski definition) is 0. The number of hydrogen-bond acceptors (Lipinski definition) is 1. The topological polar surface area (TPSA) is 17.3 Å². The summed E-state index contributed by atoms with van der Waals surface area (Å²) in [5.74, 6) is -0.238. The van der Waals surface area contributed by atoms with E-state index in [1.54, 1.807) is 12.1 Å². The van der Waals surface area contributed by atoms with Gasteiger partial charge in [0.05, 0.1) is 23.6 Å². The van der Waals surface area contributed by atoms with Crippen LogP contribution in [0.4, 0.5) is 4.39 Å². The van der Waals surface area contributed by atoms with E-state index < -0.39 is 0 Å². The molecule has 108 valence electrons. The summed E-state index contributed by atoms with van der Waals surface area (Å²) in [5, 5.41) is 0. The highest BCUT2D eigenvalue weighted by atomic mass is 19.1. The minimum absolute atomic E-state index is 0.238. The van der Waals surface area contributed by atoms with Crippen molar-refractivity contribution < 1.29 is 4.39 Å². The van der Waals surface area contributed by atoms with Crippen molar-refractivity contribution in [2.75, 3.05) is 0 Å². The number of benzene rings is 2. The largest absolute Gasteiger partial charge is 0.312 e. The average Bonchev–Trinajstić information content (AvgIpc) is 2.83. The van der Waals surface area contributed by atoms with E-state index in [0.29, 0.717) is 17.8 Å². The number of aliphatic imine (C=N–C) groups is 1. The van der Waals surface area contributed by atoms with Gasteiger partial charge in [0.2, 0.25) is 0 Å². The van der Waals surface area contributed by atoms with E-state index in [1.807, 2.05) is 30.3 Å². The van der Waals surface area contributed by atoms with Crippen molar-refractivity contribution in [3.63, 3.8) is 0 Å². The van der Waals surface area contributed by atoms with Gasteiger partial charge in [-0.25, -0.2) is 4.39 Å². The number of halogens is 1. The lowest BCUT2D eigenvalue weighted by atomic mass is 10.1. The first-order valence-electron chi connectivity index (χ1n) is 7.32. The van der Waals surface area contributed by atoms with Crippen LogP contribution in [0.3, 0.4) is 0 Å². The Bertz CT molecular complexity index is 890. The van der Waals surface area contributed by atoms with Crippen molar-refractivity contribution in [2.45, 2.75) is 13.5 Å². The zero-order chi connectivity index (χ0) is 15.1. The van der Waals surface area contributed by atoms with E-state index in [0.717, 1.165) is 22.6 Å². The SMILES string of the molecule is Cc1ccc2n1-c1ccccc1CN=C2c1ccccc1F. The summed E-state index contributed by atoms with van der Waals surface area (Å²) in [5.41, 5.74) is 5.59. The van der Waals surface area contributed by atoms with Crippen molar-refractivity contribution >= 4 is 5.71 Å². The van der Waals surface area contributed by atoms with Gasteiger partial charge in [-0.05, 0) is 42.8 Å². The van der Waals surface area contributed by atoms with Gasteiger partial charge >= 0.3 is 0 Å². The number of rotatable bonds is 1. The summed E-state index contributed by atoms with van der Waals surface area (Å²) < 4.78 is 16.4. The molecular formula is C19H15FN2. The standard InChI is InChI=1S/C19H15FN2/c1-13-10-11-18-19(15-7-3-4-8-16(15)20)21-12-14-6-2-5-9-17(14)22(13)18/h2-11H,12H2,1H3. The lowest BCUT2D eigenvalue weighted by Crippen LogP contribution is -2.11. The first-order valence-corrected chi connectivity index (χ1v) is 7.32. The molecule has 1 aliphatic heterocycles. The Balaban J connectivity index is 2.01. The molecule has 2 heterocycles. The molecule has 3 heteroatoms. The van der Waals surface area contributed by atoms with Crippen LogP contribution in [0.2, 0.25) is 0 Å². The maximum atomic E-state index is 14.2. The van der Waals surface area contributed by atoms with E-state index in [9.17, 15) is 4.39 Å². The van der Waals surface area contributed by atoms with Gasteiger partial charge in [0.1, 0.15) is 5.82 Å². The minimum atomic E-state index is -0.238. The molecular weight excluding hydrogens is 275 g/mol. The molecule has 2 aromatic carbocycles. The molecule has 22 heavy (non-hydrogen) atoms. The zero-order valence-corrected chi connectivity index (χ0v) is 12.3. The molecule has 0 bridgehead atoms. The second-order valence-electron chi connectivity index (χ2n) is 5.47. The summed E-state index contributed by atoms with van der Waals surface area (Å²) >= 11 is 0. The number of nitrogens with zero attached hydrogens (tertiary/aromatic N) is 2. The molecule has 4 rings (SSSR count). The molecule has 0 N–H and O–H groups in total. The lowest BCUT2D eigenvalue weighted by Gasteiger charge is -2.13. The third kappa shape index (κ3) is 1.90. The molecule has 0 atom stereocenters. The monoisotopic (exact) mass is 290 g/mol. The Hall–Kier alpha value is -2.68. The van der Waals surface area contributed by atoms with Crippen LogP contribution in [-0.4, -0.2) is 10.3 Å². The van der Waals surface area contributed by atoms with Crippen LogP contribution in [0, 0.1) is 12.7 Å². The van der Waals surface area contributed by atoms with Gasteiger partial charge in [-0.15, -0.1) is 0 Å². The van der Waals surface area contributed by atoms with Gasteiger partial charge in [-0.1, -0.05) is 30.3 Å². The molecule has 0 radical (unpaired) electrons. The molecule has 1 aromatic heterocycles. The molecule has 0 spiro atoms. The quantitative estimate of drug-likeness (QED) is 0.636. The summed E-state index contributed by atoms with van der Waals surface area (Å²) in [7, 11) is 0. The summed E-state index contributed by atoms with van der Waals surface area (Å²) in [6.45, 7) is 2.62. The van der Waals surface area contributed by atoms with Gasteiger partial charge in [0.15, 0.2) is 0 Å². The predicted octanol–water partition coefficient (Wildman–Crippen LogP) is 4.28. The van der Waals surface area contributed by atoms with E-state index >= 15 is 0 Å². The van der Waals surface area contributed by atoms with Crippen LogP contribution in [-0.2, 0) is 6.54 Å². The third-order valence-corrected chi connectivity index (χ3v) is 4.09. The van der Waals surface area contributed by atoms with E-state index in [2.05, 4.69) is 23.6 Å². The van der Waals surface area contributed by atoms with Crippen LogP contribution in [0.15, 0.2) is 65.7 Å². The summed E-state index contributed by atoms with van der Waals surface area (Å²) in [6, 6.07) is 19.1. The zero-order valence-electron chi connectivity index (χ0n) is 12.3. The number of aryl methyl sites for hydroxylation is 1. The number of aromatic nitrogens is 1. The molecule has 0 saturated heterocycles. The lowest BCUT2D eigenvalue weighted by molar-refractivity contribution is 0.625. The molecule has 1 aliphatic rings. The van der Waals surface area contributed by atoms with Crippen molar-refractivity contribution in [1.29, 1.82) is 0 Å². The van der Waals surface area contributed by atoms with E-state index in [-0.39, 0.29) is 5.82 Å². The molecule has 0 saturated carbocycles. The predicted molar refractivity (Wildman–Crippen MR) is 86.2 cm³/mol. The Morgan fingerprint density at radius 1 is 0.955 bits per heavy atom. The van der Waals surface area contributed by atoms with Crippen molar-refractivity contribution in [2.24, 2.45) is 4.99 Å². The van der Waals surface area contributed by atoms with Gasteiger partial charge < -0.3 is 4.57 Å². The highest BCUT2D eigenvalue weighted by molar-refractivity contribution is 6.12. The maximum absolute atomic E-state index is 14.2. The minimum Gasteiger partial charge on any atom is -0.312 e. The molecule has 2 nitrogen and oxygen atoms in total. The molecule has 3 aromatic rings. The first kappa shape index (κ1) is 13.0. The van der Waals surface area contributed by atoms with Gasteiger partial charge in [0.25, 0.3) is 0 Å². The Kier molecular flexibility index (Phi) is 2.93. The molecule has 0 unspecified atom stereocenters. The second kappa shape index (κ2) is 4.95. The first-order chi connectivity index (χ1) is 10.8. The van der Waals surface area contributed by atoms with Crippen LogP contribution in [0.5, 0.6) is 0 Å². The van der Waals surface area contributed by atoms with Crippen LogP contribution < -0.4 is 0 Å². The molecule has 0 amide bonds. The fraction of sp³-hybridized carbons (Fsp3) is 0.105. The molecule has 0 aliphatic carbocycles. The summed E-state index contributed by atoms with van der Waals surface area (Å²) in [4.78, 5) is 4.71. The Labute approximate surface area is 128 Å². The van der Waals surface area contributed by atoms with Gasteiger partial charge in [-0.2, -0.15) is 0 Å². The normalized spacial score (nSPS) is 13.1. The summed E-state index contributed by atoms with van der Waals surface area (Å²) in [6.07, 6.45) is 0.